The topological polar surface area (TPSA) is 3.24 Å². The average Bonchev–Trinajstić information content (AvgIpc) is 3.67. The summed E-state index contributed by atoms with van der Waals surface area (Å²) in [6.07, 6.45) is 0. The molecule has 1 heterocycles. The monoisotopic (exact) mass is 669 g/mol. The minimum absolute atomic E-state index is 0.0861. The molecular weight excluding hydrogens is 635 g/mol. The average molecular weight is 670 g/mol. The second kappa shape index (κ2) is 11.6. The van der Waals surface area contributed by atoms with Crippen molar-refractivity contribution in [1.29, 1.82) is 0 Å². The Hall–Kier alpha value is -5.96. The van der Waals surface area contributed by atoms with Crippen LogP contribution in [0.15, 0.2) is 176 Å². The fourth-order valence-corrected chi connectivity index (χ4v) is 9.61. The zero-order valence-corrected chi connectivity index (χ0v) is 29.4. The molecule has 0 unspecified atom stereocenters. The minimum Gasteiger partial charge on any atom is -0.310 e. The SMILES string of the molecule is CC1(C)c2ccccc2-c2ccc(N(c3ccc(-c4ccccc4-c4cccc5c4sc4ccccc45)cc3)c3cccc4ccccc34)cc21. The Bertz CT molecular complexity index is 2780. The molecule has 0 fully saturated rings. The minimum atomic E-state index is -0.0861. The summed E-state index contributed by atoms with van der Waals surface area (Å²) in [6, 6.07) is 64.8. The highest BCUT2D eigenvalue weighted by atomic mass is 32.1. The molecule has 8 aromatic carbocycles. The molecule has 0 radical (unpaired) electrons. The Morgan fingerprint density at radius 1 is 0.431 bits per heavy atom. The summed E-state index contributed by atoms with van der Waals surface area (Å²) in [4.78, 5) is 2.44. The number of hydrogen-bond acceptors (Lipinski definition) is 2. The van der Waals surface area contributed by atoms with Crippen molar-refractivity contribution in [2.75, 3.05) is 4.90 Å². The summed E-state index contributed by atoms with van der Waals surface area (Å²) < 4.78 is 2.67. The van der Waals surface area contributed by atoms with Crippen molar-refractivity contribution < 1.29 is 0 Å². The number of nitrogens with zero attached hydrogens (tertiary/aromatic N) is 1. The lowest BCUT2D eigenvalue weighted by atomic mass is 9.82. The van der Waals surface area contributed by atoms with E-state index in [2.05, 4.69) is 195 Å². The number of thiophene rings is 1. The second-order valence-electron chi connectivity index (χ2n) is 14.1. The third kappa shape index (κ3) is 4.67. The van der Waals surface area contributed by atoms with E-state index in [-0.39, 0.29) is 5.41 Å². The summed E-state index contributed by atoms with van der Waals surface area (Å²) >= 11 is 1.89. The maximum Gasteiger partial charge on any atom is 0.0540 e. The zero-order valence-electron chi connectivity index (χ0n) is 28.6. The van der Waals surface area contributed by atoms with Crippen LogP contribution in [0, 0.1) is 0 Å². The van der Waals surface area contributed by atoms with E-state index in [1.54, 1.807) is 0 Å². The third-order valence-electron chi connectivity index (χ3n) is 10.9. The molecule has 10 rings (SSSR count). The fourth-order valence-electron chi connectivity index (χ4n) is 8.38. The molecule has 0 spiro atoms. The largest absolute Gasteiger partial charge is 0.310 e. The van der Waals surface area contributed by atoms with E-state index in [0.717, 1.165) is 11.4 Å². The Balaban J connectivity index is 1.12. The quantitative estimate of drug-likeness (QED) is 0.176. The van der Waals surface area contributed by atoms with Gasteiger partial charge in [-0.05, 0) is 80.7 Å². The predicted molar refractivity (Wildman–Crippen MR) is 220 cm³/mol. The molecule has 0 aliphatic heterocycles. The predicted octanol–water partition coefficient (Wildman–Crippen LogP) is 14.3. The standard InChI is InChI=1S/C49H35NS/c1-49(2)44-22-9-7-18-39(44)40-30-29-35(31-45(40)49)50(46-23-11-14-32-13-3-4-16-37(32)46)34-27-25-33(26-28-34)36-15-5-6-17-38(36)42-20-12-21-43-41-19-8-10-24-47(41)51-48(42)43/h3-31H,1-2H3. The molecule has 2 heteroatoms. The zero-order chi connectivity index (χ0) is 34.1. The van der Waals surface area contributed by atoms with Crippen molar-refractivity contribution in [2.45, 2.75) is 19.3 Å². The molecule has 1 aliphatic carbocycles. The van der Waals surface area contributed by atoms with Crippen molar-refractivity contribution in [3.8, 4) is 33.4 Å². The van der Waals surface area contributed by atoms with Crippen molar-refractivity contribution in [2.24, 2.45) is 0 Å². The summed E-state index contributed by atoms with van der Waals surface area (Å²) in [5.41, 5.74) is 13.8. The highest BCUT2D eigenvalue weighted by Gasteiger charge is 2.35. The molecule has 0 atom stereocenters. The molecule has 0 N–H and O–H groups in total. The van der Waals surface area contributed by atoms with Crippen LogP contribution in [0.5, 0.6) is 0 Å². The van der Waals surface area contributed by atoms with Crippen molar-refractivity contribution in [1.82, 2.24) is 0 Å². The highest BCUT2D eigenvalue weighted by molar-refractivity contribution is 7.26. The number of benzene rings is 8. The van der Waals surface area contributed by atoms with Crippen LogP contribution in [0.25, 0.3) is 64.3 Å². The van der Waals surface area contributed by atoms with Gasteiger partial charge in [-0.2, -0.15) is 0 Å². The van der Waals surface area contributed by atoms with Crippen molar-refractivity contribution in [3.05, 3.63) is 187 Å². The van der Waals surface area contributed by atoms with Crippen LogP contribution in [0.4, 0.5) is 17.1 Å². The van der Waals surface area contributed by atoms with Gasteiger partial charge < -0.3 is 4.90 Å². The Labute approximate surface area is 302 Å². The first-order valence-corrected chi connectivity index (χ1v) is 18.5. The third-order valence-corrected chi connectivity index (χ3v) is 12.1. The lowest BCUT2D eigenvalue weighted by Gasteiger charge is -2.29. The molecular formula is C49H35NS. The first-order valence-electron chi connectivity index (χ1n) is 17.7. The van der Waals surface area contributed by atoms with Crippen LogP contribution in [0.2, 0.25) is 0 Å². The fraction of sp³-hybridized carbons (Fsp3) is 0.0612. The van der Waals surface area contributed by atoms with E-state index in [9.17, 15) is 0 Å². The molecule has 1 aliphatic rings. The summed E-state index contributed by atoms with van der Waals surface area (Å²) in [6.45, 7) is 4.71. The second-order valence-corrected chi connectivity index (χ2v) is 15.2. The van der Waals surface area contributed by atoms with E-state index < -0.39 is 0 Å². The van der Waals surface area contributed by atoms with Gasteiger partial charge in [0.15, 0.2) is 0 Å². The molecule has 1 nitrogen and oxygen atoms in total. The number of fused-ring (bicyclic) bond motifs is 7. The number of anilines is 3. The van der Waals surface area contributed by atoms with Gasteiger partial charge in [0, 0.05) is 47.9 Å². The van der Waals surface area contributed by atoms with Gasteiger partial charge in [-0.1, -0.05) is 153 Å². The maximum absolute atomic E-state index is 2.44. The van der Waals surface area contributed by atoms with Crippen molar-refractivity contribution in [3.63, 3.8) is 0 Å². The van der Waals surface area contributed by atoms with Crippen LogP contribution in [-0.4, -0.2) is 0 Å². The van der Waals surface area contributed by atoms with Gasteiger partial charge in [0.25, 0.3) is 0 Å². The van der Waals surface area contributed by atoms with Gasteiger partial charge in [-0.25, -0.2) is 0 Å². The highest BCUT2D eigenvalue weighted by Crippen LogP contribution is 2.51. The Morgan fingerprint density at radius 3 is 1.90 bits per heavy atom. The Kier molecular flexibility index (Phi) is 6.78. The van der Waals surface area contributed by atoms with Crippen LogP contribution in [0.3, 0.4) is 0 Å². The number of rotatable bonds is 5. The normalized spacial score (nSPS) is 13.1. The molecule has 0 amide bonds. The van der Waals surface area contributed by atoms with Gasteiger partial charge in [0.05, 0.1) is 5.69 Å². The van der Waals surface area contributed by atoms with Gasteiger partial charge >= 0.3 is 0 Å². The molecule has 0 bridgehead atoms. The lowest BCUT2D eigenvalue weighted by molar-refractivity contribution is 0.660. The summed E-state index contributed by atoms with van der Waals surface area (Å²) in [5.74, 6) is 0. The maximum atomic E-state index is 2.44. The van der Waals surface area contributed by atoms with Gasteiger partial charge in [-0.3, -0.25) is 0 Å². The van der Waals surface area contributed by atoms with Crippen molar-refractivity contribution >= 4 is 59.3 Å². The molecule has 9 aromatic rings. The molecule has 0 saturated heterocycles. The number of hydrogen-bond donors (Lipinski definition) is 0. The van der Waals surface area contributed by atoms with E-state index in [4.69, 9.17) is 0 Å². The molecule has 0 saturated carbocycles. The summed E-state index contributed by atoms with van der Waals surface area (Å²) in [5, 5.41) is 5.11. The van der Waals surface area contributed by atoms with Crippen LogP contribution < -0.4 is 4.90 Å². The van der Waals surface area contributed by atoms with Crippen LogP contribution >= 0.6 is 11.3 Å². The first-order chi connectivity index (χ1) is 25.1. The van der Waals surface area contributed by atoms with Crippen LogP contribution in [0.1, 0.15) is 25.0 Å². The van der Waals surface area contributed by atoms with E-state index in [1.165, 1.54) is 81.1 Å². The summed E-state index contributed by atoms with van der Waals surface area (Å²) in [7, 11) is 0. The molecule has 1 aromatic heterocycles. The smallest absolute Gasteiger partial charge is 0.0540 e. The van der Waals surface area contributed by atoms with E-state index in [1.807, 2.05) is 11.3 Å². The first kappa shape index (κ1) is 29.9. The van der Waals surface area contributed by atoms with E-state index in [0.29, 0.717) is 0 Å². The van der Waals surface area contributed by atoms with Gasteiger partial charge in [0.2, 0.25) is 0 Å². The van der Waals surface area contributed by atoms with Gasteiger partial charge in [-0.15, -0.1) is 11.3 Å². The molecule has 242 valence electrons. The lowest BCUT2D eigenvalue weighted by Crippen LogP contribution is -2.16. The molecule has 51 heavy (non-hydrogen) atoms. The Morgan fingerprint density at radius 2 is 1.04 bits per heavy atom. The van der Waals surface area contributed by atoms with E-state index >= 15 is 0 Å². The van der Waals surface area contributed by atoms with Crippen LogP contribution in [-0.2, 0) is 5.41 Å². The van der Waals surface area contributed by atoms with Gasteiger partial charge in [0.1, 0.15) is 0 Å².